The van der Waals surface area contributed by atoms with Crippen molar-refractivity contribution in [2.75, 3.05) is 13.7 Å². The minimum atomic E-state index is -1.25. The summed E-state index contributed by atoms with van der Waals surface area (Å²) < 4.78 is 10.7. The molecule has 2 N–H and O–H groups in total. The Bertz CT molecular complexity index is 827. The van der Waals surface area contributed by atoms with Gasteiger partial charge in [-0.1, -0.05) is 36.9 Å². The number of carboxylic acids is 1. The van der Waals surface area contributed by atoms with Gasteiger partial charge in [0.05, 0.1) is 7.11 Å². The SMILES string of the molecule is C=CCOc1cc(C=C(NC(=O)c2ccccc2)C(=O)O)ccc1OC. The number of ether oxygens (including phenoxy) is 2. The number of rotatable bonds is 8. The number of aliphatic carboxylic acids is 1. The van der Waals surface area contributed by atoms with Crippen LogP contribution in [0.1, 0.15) is 15.9 Å². The highest BCUT2D eigenvalue weighted by atomic mass is 16.5. The van der Waals surface area contributed by atoms with E-state index in [1.165, 1.54) is 13.2 Å². The predicted molar refractivity (Wildman–Crippen MR) is 98.2 cm³/mol. The summed E-state index contributed by atoms with van der Waals surface area (Å²) in [5.74, 6) is -0.802. The lowest BCUT2D eigenvalue weighted by Gasteiger charge is -2.11. The Morgan fingerprint density at radius 1 is 1.15 bits per heavy atom. The number of hydrogen-bond donors (Lipinski definition) is 2. The summed E-state index contributed by atoms with van der Waals surface area (Å²) in [4.78, 5) is 23.7. The van der Waals surface area contributed by atoms with Gasteiger partial charge < -0.3 is 19.9 Å². The van der Waals surface area contributed by atoms with Crippen LogP contribution in [0.5, 0.6) is 11.5 Å². The summed E-state index contributed by atoms with van der Waals surface area (Å²) in [6, 6.07) is 13.3. The van der Waals surface area contributed by atoms with Crippen LogP contribution in [0.25, 0.3) is 6.08 Å². The van der Waals surface area contributed by atoms with Gasteiger partial charge in [-0.05, 0) is 35.9 Å². The maximum Gasteiger partial charge on any atom is 0.352 e. The van der Waals surface area contributed by atoms with Gasteiger partial charge in [0.2, 0.25) is 0 Å². The van der Waals surface area contributed by atoms with Crippen LogP contribution in [0, 0.1) is 0 Å². The number of nitrogens with one attached hydrogen (secondary N) is 1. The third-order valence-electron chi connectivity index (χ3n) is 3.37. The van der Waals surface area contributed by atoms with Crippen LogP contribution in [0.2, 0.25) is 0 Å². The van der Waals surface area contributed by atoms with E-state index in [2.05, 4.69) is 11.9 Å². The molecule has 6 nitrogen and oxygen atoms in total. The standard InChI is InChI=1S/C20H19NO5/c1-3-11-26-18-13-14(9-10-17(18)25-2)12-16(20(23)24)21-19(22)15-7-5-4-6-8-15/h3-10,12-13H,1,11H2,2H3,(H,21,22)(H,23,24). The molecule has 0 aliphatic carbocycles. The number of carbonyl (C=O) groups is 2. The summed E-state index contributed by atoms with van der Waals surface area (Å²) in [5, 5.41) is 11.8. The zero-order valence-corrected chi connectivity index (χ0v) is 14.3. The minimum Gasteiger partial charge on any atom is -0.493 e. The second kappa shape index (κ2) is 9.08. The molecule has 0 radical (unpaired) electrons. The lowest BCUT2D eigenvalue weighted by Crippen LogP contribution is -2.27. The Morgan fingerprint density at radius 3 is 2.50 bits per heavy atom. The van der Waals surface area contributed by atoms with Crippen LogP contribution in [0.15, 0.2) is 66.9 Å². The zero-order valence-electron chi connectivity index (χ0n) is 14.3. The quantitative estimate of drug-likeness (QED) is 0.563. The number of hydrogen-bond acceptors (Lipinski definition) is 4. The molecule has 0 unspecified atom stereocenters. The molecule has 0 fully saturated rings. The summed E-state index contributed by atoms with van der Waals surface area (Å²) in [5.41, 5.74) is 0.652. The fraction of sp³-hybridized carbons (Fsp3) is 0.100. The molecule has 2 aromatic rings. The summed E-state index contributed by atoms with van der Waals surface area (Å²) in [7, 11) is 1.51. The Labute approximate surface area is 151 Å². The molecule has 0 bridgehead atoms. The first-order valence-electron chi connectivity index (χ1n) is 7.78. The van der Waals surface area contributed by atoms with E-state index in [1.54, 1.807) is 54.6 Å². The normalized spacial score (nSPS) is 10.7. The van der Waals surface area contributed by atoms with E-state index in [1.807, 2.05) is 0 Å². The van der Waals surface area contributed by atoms with Crippen molar-refractivity contribution in [2.45, 2.75) is 0 Å². The maximum atomic E-state index is 12.2. The minimum absolute atomic E-state index is 0.251. The molecule has 1 amide bonds. The topological polar surface area (TPSA) is 84.9 Å². The Balaban J connectivity index is 2.29. The van der Waals surface area contributed by atoms with Crippen molar-refractivity contribution in [1.82, 2.24) is 5.32 Å². The first-order chi connectivity index (χ1) is 12.5. The maximum absolute atomic E-state index is 12.2. The molecule has 0 atom stereocenters. The molecule has 6 heteroatoms. The number of methoxy groups -OCH3 is 1. The lowest BCUT2D eigenvalue weighted by molar-refractivity contribution is -0.132. The molecule has 0 aliphatic heterocycles. The first kappa shape index (κ1) is 18.8. The highest BCUT2D eigenvalue weighted by molar-refractivity contribution is 6.02. The number of carboxylic acid groups (broad SMARTS) is 1. The van der Waals surface area contributed by atoms with E-state index in [-0.39, 0.29) is 12.3 Å². The molecular formula is C20H19NO5. The van der Waals surface area contributed by atoms with Crippen molar-refractivity contribution in [3.8, 4) is 11.5 Å². The average molecular weight is 353 g/mol. The Kier molecular flexibility index (Phi) is 6.56. The van der Waals surface area contributed by atoms with E-state index in [0.29, 0.717) is 22.6 Å². The summed E-state index contributed by atoms with van der Waals surface area (Å²) in [6.07, 6.45) is 2.94. The van der Waals surface area contributed by atoms with Crippen LogP contribution in [-0.4, -0.2) is 30.7 Å². The summed E-state index contributed by atoms with van der Waals surface area (Å²) >= 11 is 0. The zero-order chi connectivity index (χ0) is 18.9. The molecule has 26 heavy (non-hydrogen) atoms. The van der Waals surface area contributed by atoms with Gasteiger partial charge >= 0.3 is 5.97 Å². The van der Waals surface area contributed by atoms with Crippen molar-refractivity contribution < 1.29 is 24.2 Å². The first-order valence-corrected chi connectivity index (χ1v) is 7.78. The Morgan fingerprint density at radius 2 is 1.88 bits per heavy atom. The van der Waals surface area contributed by atoms with Gasteiger partial charge in [-0.25, -0.2) is 4.79 Å². The van der Waals surface area contributed by atoms with Gasteiger partial charge in [0.25, 0.3) is 5.91 Å². The lowest BCUT2D eigenvalue weighted by atomic mass is 10.1. The number of benzene rings is 2. The monoisotopic (exact) mass is 353 g/mol. The third-order valence-corrected chi connectivity index (χ3v) is 3.37. The fourth-order valence-electron chi connectivity index (χ4n) is 2.15. The third kappa shape index (κ3) is 4.98. The highest BCUT2D eigenvalue weighted by Crippen LogP contribution is 2.28. The van der Waals surface area contributed by atoms with Crippen molar-refractivity contribution in [3.05, 3.63) is 78.0 Å². The largest absolute Gasteiger partial charge is 0.493 e. The molecule has 2 rings (SSSR count). The van der Waals surface area contributed by atoms with Crippen LogP contribution >= 0.6 is 0 Å². The van der Waals surface area contributed by atoms with Crippen LogP contribution in [0.3, 0.4) is 0 Å². The smallest absolute Gasteiger partial charge is 0.352 e. The van der Waals surface area contributed by atoms with Gasteiger partial charge in [-0.3, -0.25) is 4.79 Å². The molecular weight excluding hydrogens is 334 g/mol. The van der Waals surface area contributed by atoms with Crippen molar-refractivity contribution in [1.29, 1.82) is 0 Å². The van der Waals surface area contributed by atoms with Crippen molar-refractivity contribution in [3.63, 3.8) is 0 Å². The molecule has 0 aliphatic rings. The van der Waals surface area contributed by atoms with Crippen molar-refractivity contribution >= 4 is 18.0 Å². The average Bonchev–Trinajstić information content (AvgIpc) is 2.66. The van der Waals surface area contributed by atoms with Gasteiger partial charge in [-0.15, -0.1) is 0 Å². The van der Waals surface area contributed by atoms with E-state index in [9.17, 15) is 14.7 Å². The van der Waals surface area contributed by atoms with E-state index < -0.39 is 11.9 Å². The second-order valence-electron chi connectivity index (χ2n) is 5.19. The van der Waals surface area contributed by atoms with E-state index in [0.717, 1.165) is 0 Å². The molecule has 0 saturated carbocycles. The van der Waals surface area contributed by atoms with Gasteiger partial charge in [0, 0.05) is 5.56 Å². The van der Waals surface area contributed by atoms with E-state index in [4.69, 9.17) is 9.47 Å². The molecule has 0 heterocycles. The van der Waals surface area contributed by atoms with Gasteiger partial charge in [-0.2, -0.15) is 0 Å². The van der Waals surface area contributed by atoms with Gasteiger partial charge in [0.15, 0.2) is 11.5 Å². The van der Waals surface area contributed by atoms with E-state index >= 15 is 0 Å². The van der Waals surface area contributed by atoms with Gasteiger partial charge in [0.1, 0.15) is 12.3 Å². The number of amides is 1. The number of carbonyl (C=O) groups excluding carboxylic acids is 1. The molecule has 2 aromatic carbocycles. The molecule has 0 aromatic heterocycles. The van der Waals surface area contributed by atoms with Crippen LogP contribution in [-0.2, 0) is 4.79 Å². The summed E-state index contributed by atoms with van der Waals surface area (Å²) in [6.45, 7) is 3.86. The Hall–Kier alpha value is -3.54. The second-order valence-corrected chi connectivity index (χ2v) is 5.19. The highest BCUT2D eigenvalue weighted by Gasteiger charge is 2.14. The molecule has 0 spiro atoms. The fourth-order valence-corrected chi connectivity index (χ4v) is 2.15. The molecule has 134 valence electrons. The van der Waals surface area contributed by atoms with Crippen molar-refractivity contribution in [2.24, 2.45) is 0 Å². The van der Waals surface area contributed by atoms with Crippen LogP contribution < -0.4 is 14.8 Å². The molecule has 0 saturated heterocycles. The van der Waals surface area contributed by atoms with Crippen LogP contribution in [0.4, 0.5) is 0 Å². The predicted octanol–water partition coefficient (Wildman–Crippen LogP) is 3.12.